The van der Waals surface area contributed by atoms with Crippen LogP contribution >= 0.6 is 27.5 Å². The Morgan fingerprint density at radius 3 is 3.00 bits per heavy atom. The fraction of sp³-hybridized carbons (Fsp3) is 0.278. The molecule has 6 heteroatoms. The monoisotopic (exact) mass is 409 g/mol. The number of para-hydroxylation sites is 1. The van der Waals surface area contributed by atoms with Gasteiger partial charge in [-0.2, -0.15) is 0 Å². The van der Waals surface area contributed by atoms with E-state index in [4.69, 9.17) is 21.1 Å². The van der Waals surface area contributed by atoms with E-state index in [1.165, 1.54) is 5.56 Å². The lowest BCUT2D eigenvalue weighted by atomic mass is 9.97. The molecular weight excluding hydrogens is 394 g/mol. The van der Waals surface area contributed by atoms with Gasteiger partial charge in [0, 0.05) is 17.5 Å². The molecule has 2 aromatic carbocycles. The van der Waals surface area contributed by atoms with Gasteiger partial charge in [-0.05, 0) is 52.2 Å². The molecule has 0 radical (unpaired) electrons. The zero-order chi connectivity index (χ0) is 16.9. The van der Waals surface area contributed by atoms with Crippen LogP contribution in [0.2, 0.25) is 5.02 Å². The molecule has 1 aliphatic rings. The van der Waals surface area contributed by atoms with Crippen LogP contribution < -0.4 is 14.8 Å². The number of nitrogens with one attached hydrogen (secondary N) is 1. The van der Waals surface area contributed by atoms with Crippen molar-refractivity contribution >= 4 is 33.4 Å². The fourth-order valence-electron chi connectivity index (χ4n) is 2.57. The van der Waals surface area contributed by atoms with Gasteiger partial charge in [0.25, 0.3) is 5.91 Å². The lowest BCUT2D eigenvalue weighted by molar-refractivity contribution is -0.123. The summed E-state index contributed by atoms with van der Waals surface area (Å²) < 4.78 is 11.9. The molecule has 0 saturated carbocycles. The molecular formula is C18H17BrClNO3. The minimum absolute atomic E-state index is 0.0373. The summed E-state index contributed by atoms with van der Waals surface area (Å²) in [5, 5.41) is 3.51. The van der Waals surface area contributed by atoms with Crippen LogP contribution in [0, 0.1) is 5.92 Å². The summed E-state index contributed by atoms with van der Waals surface area (Å²) in [6.45, 7) is 1.14. The summed E-state index contributed by atoms with van der Waals surface area (Å²) in [7, 11) is 0. The highest BCUT2D eigenvalue weighted by Gasteiger charge is 2.20. The standard InChI is InChI=1S/C18H17BrClNO3/c19-15-8-14(20)5-6-17(15)24-11-18(22)21-9-12-7-13-3-1-2-4-16(13)23-10-12/h1-6,8,12H,7,9-11H2,(H,21,22)/t12-/m0/s1. The zero-order valence-electron chi connectivity index (χ0n) is 12.9. The van der Waals surface area contributed by atoms with Gasteiger partial charge >= 0.3 is 0 Å². The molecule has 0 bridgehead atoms. The highest BCUT2D eigenvalue weighted by molar-refractivity contribution is 9.10. The molecule has 4 nitrogen and oxygen atoms in total. The smallest absolute Gasteiger partial charge is 0.257 e. The average molecular weight is 411 g/mol. The second kappa shape index (κ2) is 7.90. The van der Waals surface area contributed by atoms with Crippen LogP contribution in [0.4, 0.5) is 0 Å². The van der Waals surface area contributed by atoms with Crippen LogP contribution in [0.5, 0.6) is 11.5 Å². The summed E-state index contributed by atoms with van der Waals surface area (Å²) in [6, 6.07) is 13.2. The quantitative estimate of drug-likeness (QED) is 0.814. The van der Waals surface area contributed by atoms with Crippen LogP contribution in [-0.2, 0) is 11.2 Å². The number of amides is 1. The van der Waals surface area contributed by atoms with E-state index in [2.05, 4.69) is 27.3 Å². The first kappa shape index (κ1) is 17.1. The van der Waals surface area contributed by atoms with E-state index in [9.17, 15) is 4.79 Å². The molecule has 0 aromatic heterocycles. The van der Waals surface area contributed by atoms with Crippen LogP contribution in [0.25, 0.3) is 0 Å². The van der Waals surface area contributed by atoms with Gasteiger partial charge in [-0.3, -0.25) is 4.79 Å². The normalized spacial score (nSPS) is 16.0. The van der Waals surface area contributed by atoms with Gasteiger partial charge in [0.1, 0.15) is 11.5 Å². The second-order valence-electron chi connectivity index (χ2n) is 5.66. The van der Waals surface area contributed by atoms with E-state index >= 15 is 0 Å². The van der Waals surface area contributed by atoms with Gasteiger partial charge in [0.2, 0.25) is 0 Å². The van der Waals surface area contributed by atoms with E-state index in [0.717, 1.165) is 16.6 Å². The molecule has 3 rings (SSSR count). The number of carbonyl (C=O) groups is 1. The number of fused-ring (bicyclic) bond motifs is 1. The summed E-state index contributed by atoms with van der Waals surface area (Å²) in [6.07, 6.45) is 0.903. The summed E-state index contributed by atoms with van der Waals surface area (Å²) in [5.41, 5.74) is 1.18. The minimum atomic E-state index is -0.157. The number of hydrogen-bond donors (Lipinski definition) is 1. The van der Waals surface area contributed by atoms with E-state index in [1.54, 1.807) is 18.2 Å². The Bertz CT molecular complexity index is 738. The fourth-order valence-corrected chi connectivity index (χ4v) is 3.36. The highest BCUT2D eigenvalue weighted by Crippen LogP contribution is 2.28. The Balaban J connectivity index is 1.45. The minimum Gasteiger partial charge on any atom is -0.493 e. The van der Waals surface area contributed by atoms with Crippen molar-refractivity contribution < 1.29 is 14.3 Å². The Morgan fingerprint density at radius 2 is 2.17 bits per heavy atom. The lowest BCUT2D eigenvalue weighted by Gasteiger charge is -2.25. The molecule has 1 heterocycles. The number of ether oxygens (including phenoxy) is 2. The van der Waals surface area contributed by atoms with Gasteiger partial charge < -0.3 is 14.8 Å². The van der Waals surface area contributed by atoms with Crippen molar-refractivity contribution in [3.8, 4) is 11.5 Å². The zero-order valence-corrected chi connectivity index (χ0v) is 15.3. The van der Waals surface area contributed by atoms with Crippen molar-refractivity contribution in [1.29, 1.82) is 0 Å². The number of halogens is 2. The molecule has 1 atom stereocenters. The molecule has 2 aromatic rings. The van der Waals surface area contributed by atoms with Gasteiger partial charge in [0.05, 0.1) is 11.1 Å². The molecule has 1 aliphatic heterocycles. The number of benzene rings is 2. The van der Waals surface area contributed by atoms with Gasteiger partial charge in [-0.25, -0.2) is 0 Å². The van der Waals surface area contributed by atoms with Gasteiger partial charge in [0.15, 0.2) is 6.61 Å². The second-order valence-corrected chi connectivity index (χ2v) is 6.95. The number of carbonyl (C=O) groups excluding carboxylic acids is 1. The van der Waals surface area contributed by atoms with Gasteiger partial charge in [-0.1, -0.05) is 29.8 Å². The molecule has 0 unspecified atom stereocenters. The predicted molar refractivity (Wildman–Crippen MR) is 96.8 cm³/mol. The van der Waals surface area contributed by atoms with Crippen molar-refractivity contribution in [2.45, 2.75) is 6.42 Å². The van der Waals surface area contributed by atoms with Crippen molar-refractivity contribution in [3.05, 3.63) is 57.5 Å². The summed E-state index contributed by atoms with van der Waals surface area (Å²) in [5.74, 6) is 1.64. The maximum absolute atomic E-state index is 12.0. The molecule has 126 valence electrons. The number of hydrogen-bond acceptors (Lipinski definition) is 3. The third kappa shape index (κ3) is 4.42. The molecule has 0 saturated heterocycles. The average Bonchev–Trinajstić information content (AvgIpc) is 2.59. The van der Waals surface area contributed by atoms with E-state index in [0.29, 0.717) is 23.9 Å². The first-order valence-corrected chi connectivity index (χ1v) is 8.84. The molecule has 0 fully saturated rings. The van der Waals surface area contributed by atoms with Crippen molar-refractivity contribution in [2.75, 3.05) is 19.8 Å². The van der Waals surface area contributed by atoms with Crippen LogP contribution in [-0.4, -0.2) is 25.7 Å². The Kier molecular flexibility index (Phi) is 5.63. The Labute approximate surface area is 154 Å². The van der Waals surface area contributed by atoms with Gasteiger partial charge in [-0.15, -0.1) is 0 Å². The Morgan fingerprint density at radius 1 is 1.33 bits per heavy atom. The topological polar surface area (TPSA) is 47.6 Å². The van der Waals surface area contributed by atoms with Crippen molar-refractivity contribution in [2.24, 2.45) is 5.92 Å². The van der Waals surface area contributed by atoms with E-state index in [-0.39, 0.29) is 18.4 Å². The SMILES string of the molecule is O=C(COc1ccc(Cl)cc1Br)NC[C@H]1COc2ccccc2C1. The third-order valence-electron chi connectivity index (χ3n) is 3.80. The molecule has 0 aliphatic carbocycles. The Hall–Kier alpha value is -1.72. The van der Waals surface area contributed by atoms with E-state index in [1.807, 2.05) is 18.2 Å². The highest BCUT2D eigenvalue weighted by atomic mass is 79.9. The maximum Gasteiger partial charge on any atom is 0.257 e. The summed E-state index contributed by atoms with van der Waals surface area (Å²) >= 11 is 9.23. The lowest BCUT2D eigenvalue weighted by Crippen LogP contribution is -2.37. The first-order valence-electron chi connectivity index (χ1n) is 7.67. The van der Waals surface area contributed by atoms with Crippen LogP contribution in [0.3, 0.4) is 0 Å². The van der Waals surface area contributed by atoms with E-state index < -0.39 is 0 Å². The van der Waals surface area contributed by atoms with Crippen LogP contribution in [0.15, 0.2) is 46.9 Å². The summed E-state index contributed by atoms with van der Waals surface area (Å²) in [4.78, 5) is 12.0. The molecule has 0 spiro atoms. The molecule has 24 heavy (non-hydrogen) atoms. The molecule has 1 amide bonds. The van der Waals surface area contributed by atoms with Crippen molar-refractivity contribution in [1.82, 2.24) is 5.32 Å². The van der Waals surface area contributed by atoms with Crippen molar-refractivity contribution in [3.63, 3.8) is 0 Å². The largest absolute Gasteiger partial charge is 0.493 e. The third-order valence-corrected chi connectivity index (χ3v) is 4.65. The number of rotatable bonds is 5. The first-order chi connectivity index (χ1) is 11.6. The maximum atomic E-state index is 12.0. The predicted octanol–water partition coefficient (Wildman–Crippen LogP) is 3.85. The van der Waals surface area contributed by atoms with Crippen LogP contribution in [0.1, 0.15) is 5.56 Å². The molecule has 1 N–H and O–H groups in total.